The molecule has 1 aromatic carbocycles. The normalized spacial score (nSPS) is 4.93. The second-order valence-electron chi connectivity index (χ2n) is 1.65. The van der Waals surface area contributed by atoms with Gasteiger partial charge in [0.05, 0.1) is 0 Å². The van der Waals surface area contributed by atoms with Crippen molar-refractivity contribution in [1.82, 2.24) is 0 Å². The standard InChI is InChI=1S/C6H6.C4H6.2C2H6.CH4/c1-2-4-6-5-3-1;1-3-4-2;2*1-2;/h1-6H;1-2H3;2*1-2H3;1H4. The Morgan fingerprint density at radius 3 is 0.733 bits per heavy atom. The van der Waals surface area contributed by atoms with Crippen molar-refractivity contribution in [3.8, 4) is 11.8 Å². The van der Waals surface area contributed by atoms with E-state index in [-0.39, 0.29) is 7.43 Å². The Morgan fingerprint density at radius 2 is 0.667 bits per heavy atom. The van der Waals surface area contributed by atoms with Gasteiger partial charge in [-0.3, -0.25) is 0 Å². The van der Waals surface area contributed by atoms with Crippen LogP contribution in [-0.4, -0.2) is 0 Å². The zero-order valence-electron chi connectivity index (χ0n) is 10.5. The summed E-state index contributed by atoms with van der Waals surface area (Å²) >= 11 is 0. The predicted octanol–water partition coefficient (Wildman–Crippen LogP) is 5.40. The van der Waals surface area contributed by atoms with Crippen molar-refractivity contribution in [3.63, 3.8) is 0 Å². The van der Waals surface area contributed by atoms with Crippen LogP contribution in [0.3, 0.4) is 0 Å². The lowest BCUT2D eigenvalue weighted by atomic mass is 10.4. The smallest absolute Gasteiger partial charge is 0.00271 e. The first-order valence-corrected chi connectivity index (χ1v) is 5.25. The molecule has 0 radical (unpaired) electrons. The fourth-order valence-electron chi connectivity index (χ4n) is 0.385. The number of hydrogen-bond acceptors (Lipinski definition) is 0. The van der Waals surface area contributed by atoms with Crippen LogP contribution in [0.4, 0.5) is 0 Å². The Balaban J connectivity index is -0.0000000601. The molecule has 15 heavy (non-hydrogen) atoms. The van der Waals surface area contributed by atoms with E-state index in [2.05, 4.69) is 11.8 Å². The van der Waals surface area contributed by atoms with Crippen molar-refractivity contribution < 1.29 is 0 Å². The summed E-state index contributed by atoms with van der Waals surface area (Å²) in [5.74, 6) is 5.36. The van der Waals surface area contributed by atoms with E-state index in [0.717, 1.165) is 0 Å². The van der Waals surface area contributed by atoms with Crippen LogP contribution in [0, 0.1) is 11.8 Å². The van der Waals surface area contributed by atoms with Crippen LogP contribution in [0.5, 0.6) is 0 Å². The molecule has 0 amide bonds. The highest BCUT2D eigenvalue weighted by atomic mass is 13.6. The lowest BCUT2D eigenvalue weighted by Crippen LogP contribution is -1.47. The Morgan fingerprint density at radius 1 is 0.533 bits per heavy atom. The van der Waals surface area contributed by atoms with Gasteiger partial charge in [0.2, 0.25) is 0 Å². The van der Waals surface area contributed by atoms with E-state index in [1.165, 1.54) is 0 Å². The van der Waals surface area contributed by atoms with Gasteiger partial charge in [0.25, 0.3) is 0 Å². The molecule has 0 aliphatic heterocycles. The fourth-order valence-corrected chi connectivity index (χ4v) is 0.385. The zero-order valence-corrected chi connectivity index (χ0v) is 10.5. The molecule has 0 nitrogen and oxygen atoms in total. The van der Waals surface area contributed by atoms with E-state index in [1.54, 1.807) is 0 Å². The van der Waals surface area contributed by atoms with Crippen molar-refractivity contribution in [3.05, 3.63) is 36.4 Å². The maximum atomic E-state index is 2.68. The maximum absolute atomic E-state index is 2.68. The highest BCUT2D eigenvalue weighted by Crippen LogP contribution is 1.79. The molecule has 0 aliphatic carbocycles. The van der Waals surface area contributed by atoms with Crippen LogP contribution in [0.25, 0.3) is 0 Å². The van der Waals surface area contributed by atoms with Crippen molar-refractivity contribution in [2.75, 3.05) is 0 Å². The van der Waals surface area contributed by atoms with Gasteiger partial charge in [-0.2, -0.15) is 0 Å². The van der Waals surface area contributed by atoms with Crippen LogP contribution < -0.4 is 0 Å². The van der Waals surface area contributed by atoms with Crippen LogP contribution in [0.15, 0.2) is 36.4 Å². The van der Waals surface area contributed by atoms with Crippen LogP contribution in [0.2, 0.25) is 0 Å². The topological polar surface area (TPSA) is 0 Å². The first-order chi connectivity index (χ1) is 6.91. The van der Waals surface area contributed by atoms with Gasteiger partial charge in [0.1, 0.15) is 0 Å². The third kappa shape index (κ3) is 44.5. The van der Waals surface area contributed by atoms with Crippen LogP contribution in [-0.2, 0) is 0 Å². The molecule has 0 spiro atoms. The van der Waals surface area contributed by atoms with Crippen molar-refractivity contribution in [1.29, 1.82) is 0 Å². The molecular formula is C15H28. The highest BCUT2D eigenvalue weighted by molar-refractivity contribution is 4.99. The van der Waals surface area contributed by atoms with E-state index in [1.807, 2.05) is 77.9 Å². The van der Waals surface area contributed by atoms with E-state index in [4.69, 9.17) is 0 Å². The average Bonchev–Trinajstić information content (AvgIpc) is 2.36. The quantitative estimate of drug-likeness (QED) is 0.500. The van der Waals surface area contributed by atoms with Crippen molar-refractivity contribution >= 4 is 0 Å². The molecule has 1 aromatic rings. The SMILES string of the molecule is C.CC.CC.CC#CC.c1ccccc1. The number of rotatable bonds is 0. The van der Waals surface area contributed by atoms with Gasteiger partial charge in [-0.05, 0) is 13.8 Å². The summed E-state index contributed by atoms with van der Waals surface area (Å²) in [6.45, 7) is 11.6. The second kappa shape index (κ2) is 38.6. The Bertz CT molecular complexity index is 156. The molecule has 0 saturated heterocycles. The molecule has 0 N–H and O–H groups in total. The van der Waals surface area contributed by atoms with Gasteiger partial charge in [-0.25, -0.2) is 0 Å². The second-order valence-corrected chi connectivity index (χ2v) is 1.65. The summed E-state index contributed by atoms with van der Waals surface area (Å²) in [6, 6.07) is 12.0. The minimum Gasteiger partial charge on any atom is -0.107 e. The summed E-state index contributed by atoms with van der Waals surface area (Å²) in [5, 5.41) is 0. The molecule has 0 aliphatic rings. The molecule has 0 aromatic heterocycles. The first kappa shape index (κ1) is 23.5. The molecule has 0 atom stereocenters. The minimum absolute atomic E-state index is 0. The molecule has 0 fully saturated rings. The number of hydrogen-bond donors (Lipinski definition) is 0. The van der Waals surface area contributed by atoms with E-state index in [9.17, 15) is 0 Å². The van der Waals surface area contributed by atoms with Gasteiger partial charge in [0.15, 0.2) is 0 Å². The largest absolute Gasteiger partial charge is 0.107 e. The zero-order chi connectivity index (χ0) is 11.7. The summed E-state index contributed by atoms with van der Waals surface area (Å²) in [6.07, 6.45) is 0. The summed E-state index contributed by atoms with van der Waals surface area (Å²) in [4.78, 5) is 0. The lowest BCUT2D eigenvalue weighted by molar-refractivity contribution is 1.50. The van der Waals surface area contributed by atoms with Crippen LogP contribution >= 0.6 is 0 Å². The molecule has 0 heteroatoms. The lowest BCUT2D eigenvalue weighted by Gasteiger charge is -1.69. The monoisotopic (exact) mass is 208 g/mol. The summed E-state index contributed by atoms with van der Waals surface area (Å²) < 4.78 is 0. The summed E-state index contributed by atoms with van der Waals surface area (Å²) in [7, 11) is 0. The highest BCUT2D eigenvalue weighted by Gasteiger charge is 1.57. The molecule has 0 saturated carbocycles. The fraction of sp³-hybridized carbons (Fsp3) is 0.467. The molecule has 0 heterocycles. The van der Waals surface area contributed by atoms with Gasteiger partial charge in [-0.15, -0.1) is 11.8 Å². The molecular weight excluding hydrogens is 180 g/mol. The number of benzene rings is 1. The van der Waals surface area contributed by atoms with E-state index < -0.39 is 0 Å². The first-order valence-electron chi connectivity index (χ1n) is 5.25. The van der Waals surface area contributed by atoms with E-state index in [0.29, 0.717) is 0 Å². The Hall–Kier alpha value is -1.22. The molecule has 1 rings (SSSR count). The van der Waals surface area contributed by atoms with Crippen molar-refractivity contribution in [2.45, 2.75) is 49.0 Å². The molecule has 88 valence electrons. The maximum Gasteiger partial charge on any atom is -0.00271 e. The van der Waals surface area contributed by atoms with Gasteiger partial charge >= 0.3 is 0 Å². The molecule has 0 bridgehead atoms. The minimum atomic E-state index is 0. The Kier molecular flexibility index (Phi) is 60.5. The van der Waals surface area contributed by atoms with E-state index >= 15 is 0 Å². The predicted molar refractivity (Wildman–Crippen MR) is 75.0 cm³/mol. The van der Waals surface area contributed by atoms with Crippen molar-refractivity contribution in [2.24, 2.45) is 0 Å². The Labute approximate surface area is 97.7 Å². The third-order valence-corrected chi connectivity index (χ3v) is 0.917. The molecule has 0 unspecified atom stereocenters. The van der Waals surface area contributed by atoms with Crippen LogP contribution in [0.1, 0.15) is 49.0 Å². The van der Waals surface area contributed by atoms with Gasteiger partial charge < -0.3 is 0 Å². The average molecular weight is 208 g/mol. The van der Waals surface area contributed by atoms with Gasteiger partial charge in [0, 0.05) is 0 Å². The summed E-state index contributed by atoms with van der Waals surface area (Å²) in [5.41, 5.74) is 0. The van der Waals surface area contributed by atoms with Gasteiger partial charge in [-0.1, -0.05) is 71.5 Å². The third-order valence-electron chi connectivity index (χ3n) is 0.917.